The monoisotopic (exact) mass is 379 g/mol. The van der Waals surface area contributed by atoms with Crippen LogP contribution in [0, 0.1) is 5.92 Å². The van der Waals surface area contributed by atoms with Gasteiger partial charge in [0.1, 0.15) is 0 Å². The van der Waals surface area contributed by atoms with Gasteiger partial charge in [0.05, 0.1) is 17.2 Å². The highest BCUT2D eigenvalue weighted by Gasteiger charge is 2.07. The first kappa shape index (κ1) is 17.7. The SMILES string of the molecule is CC(C)CCCNC(=O)CCn1cnc2ccc(Br)cc2c1=O. The number of aryl methyl sites for hydroxylation is 1. The Hall–Kier alpha value is -1.69. The lowest BCUT2D eigenvalue weighted by molar-refractivity contribution is -0.121. The van der Waals surface area contributed by atoms with Crippen LogP contribution in [0.2, 0.25) is 0 Å². The molecule has 0 atom stereocenters. The molecule has 0 fully saturated rings. The van der Waals surface area contributed by atoms with Crippen molar-refractivity contribution in [3.63, 3.8) is 0 Å². The summed E-state index contributed by atoms with van der Waals surface area (Å²) < 4.78 is 2.33. The standard InChI is InChI=1S/C17H22BrN3O2/c1-12(2)4-3-8-19-16(22)7-9-21-11-20-15-6-5-13(18)10-14(15)17(21)23/h5-6,10-12H,3-4,7-9H2,1-2H3,(H,19,22). The van der Waals surface area contributed by atoms with E-state index in [4.69, 9.17) is 0 Å². The molecule has 0 aliphatic rings. The van der Waals surface area contributed by atoms with Crippen LogP contribution in [-0.2, 0) is 11.3 Å². The van der Waals surface area contributed by atoms with Crippen molar-refractivity contribution in [2.45, 2.75) is 39.7 Å². The van der Waals surface area contributed by atoms with Crippen molar-refractivity contribution in [2.75, 3.05) is 6.54 Å². The third-order valence-corrected chi connectivity index (χ3v) is 4.14. The molecule has 1 N–H and O–H groups in total. The quantitative estimate of drug-likeness (QED) is 0.751. The first-order valence-corrected chi connectivity index (χ1v) is 8.68. The third kappa shape index (κ3) is 5.16. The smallest absolute Gasteiger partial charge is 0.261 e. The zero-order chi connectivity index (χ0) is 16.8. The summed E-state index contributed by atoms with van der Waals surface area (Å²) in [6.45, 7) is 5.36. The first-order chi connectivity index (χ1) is 11.0. The highest BCUT2D eigenvalue weighted by atomic mass is 79.9. The van der Waals surface area contributed by atoms with Gasteiger partial charge in [0, 0.05) is 24.0 Å². The minimum atomic E-state index is -0.121. The van der Waals surface area contributed by atoms with Crippen LogP contribution >= 0.6 is 15.9 Å². The number of nitrogens with one attached hydrogen (secondary N) is 1. The van der Waals surface area contributed by atoms with Gasteiger partial charge in [0.2, 0.25) is 5.91 Å². The minimum Gasteiger partial charge on any atom is -0.356 e. The Labute approximate surface area is 144 Å². The molecule has 1 amide bonds. The second kappa shape index (κ2) is 8.24. The molecule has 0 saturated carbocycles. The third-order valence-electron chi connectivity index (χ3n) is 3.65. The molecular weight excluding hydrogens is 358 g/mol. The van der Waals surface area contributed by atoms with Crippen molar-refractivity contribution in [1.29, 1.82) is 0 Å². The summed E-state index contributed by atoms with van der Waals surface area (Å²) in [5.41, 5.74) is 0.538. The van der Waals surface area contributed by atoms with Crippen molar-refractivity contribution in [3.8, 4) is 0 Å². The molecule has 23 heavy (non-hydrogen) atoms. The van der Waals surface area contributed by atoms with E-state index in [2.05, 4.69) is 40.1 Å². The number of carbonyl (C=O) groups excluding carboxylic acids is 1. The molecule has 0 saturated heterocycles. The molecule has 6 heteroatoms. The number of fused-ring (bicyclic) bond motifs is 1. The highest BCUT2D eigenvalue weighted by molar-refractivity contribution is 9.10. The van der Waals surface area contributed by atoms with Gasteiger partial charge in [-0.2, -0.15) is 0 Å². The molecule has 124 valence electrons. The van der Waals surface area contributed by atoms with E-state index in [1.54, 1.807) is 12.1 Å². The predicted octanol–water partition coefficient (Wildman–Crippen LogP) is 3.10. The second-order valence-electron chi connectivity index (χ2n) is 6.04. The maximum Gasteiger partial charge on any atom is 0.261 e. The molecule has 1 aromatic carbocycles. The maximum absolute atomic E-state index is 12.4. The van der Waals surface area contributed by atoms with Crippen molar-refractivity contribution in [2.24, 2.45) is 5.92 Å². The summed E-state index contributed by atoms with van der Waals surface area (Å²) in [6, 6.07) is 5.41. The van der Waals surface area contributed by atoms with Crippen LogP contribution in [0.3, 0.4) is 0 Å². The summed E-state index contributed by atoms with van der Waals surface area (Å²) in [6.07, 6.45) is 3.87. The van der Waals surface area contributed by atoms with Crippen molar-refractivity contribution in [1.82, 2.24) is 14.9 Å². The van der Waals surface area contributed by atoms with E-state index in [9.17, 15) is 9.59 Å². The molecule has 0 unspecified atom stereocenters. The summed E-state index contributed by atoms with van der Waals surface area (Å²) in [4.78, 5) is 28.5. The molecule has 1 aromatic heterocycles. The summed E-state index contributed by atoms with van der Waals surface area (Å²) in [7, 11) is 0. The zero-order valence-electron chi connectivity index (χ0n) is 13.5. The number of halogens is 1. The number of nitrogens with zero attached hydrogens (tertiary/aromatic N) is 2. The summed E-state index contributed by atoms with van der Waals surface area (Å²) in [5.74, 6) is 0.614. The fraction of sp³-hybridized carbons (Fsp3) is 0.471. The molecule has 0 aliphatic carbocycles. The Morgan fingerprint density at radius 2 is 2.17 bits per heavy atom. The van der Waals surface area contributed by atoms with Crippen LogP contribution in [0.5, 0.6) is 0 Å². The number of hydrogen-bond acceptors (Lipinski definition) is 3. The predicted molar refractivity (Wildman–Crippen MR) is 95.4 cm³/mol. The molecule has 0 radical (unpaired) electrons. The van der Waals surface area contributed by atoms with E-state index in [-0.39, 0.29) is 17.9 Å². The van der Waals surface area contributed by atoms with E-state index in [1.165, 1.54) is 10.9 Å². The molecular formula is C17H22BrN3O2. The van der Waals surface area contributed by atoms with Gasteiger partial charge in [-0.15, -0.1) is 0 Å². The number of aromatic nitrogens is 2. The normalized spacial score (nSPS) is 11.1. The van der Waals surface area contributed by atoms with E-state index in [0.717, 1.165) is 17.3 Å². The van der Waals surface area contributed by atoms with E-state index >= 15 is 0 Å². The minimum absolute atomic E-state index is 0.0324. The van der Waals surface area contributed by atoms with E-state index in [0.29, 0.717) is 29.9 Å². The van der Waals surface area contributed by atoms with Gasteiger partial charge < -0.3 is 5.32 Å². The number of benzene rings is 1. The Kier molecular flexibility index (Phi) is 6.33. The first-order valence-electron chi connectivity index (χ1n) is 7.89. The van der Waals surface area contributed by atoms with Gasteiger partial charge in [-0.05, 0) is 37.0 Å². The largest absolute Gasteiger partial charge is 0.356 e. The molecule has 2 rings (SSSR count). The molecule has 0 aliphatic heterocycles. The van der Waals surface area contributed by atoms with Crippen LogP contribution in [0.4, 0.5) is 0 Å². The highest BCUT2D eigenvalue weighted by Crippen LogP contribution is 2.14. The lowest BCUT2D eigenvalue weighted by atomic mass is 10.1. The Balaban J connectivity index is 1.93. The van der Waals surface area contributed by atoms with Crippen LogP contribution in [0.15, 0.2) is 33.8 Å². The maximum atomic E-state index is 12.4. The van der Waals surface area contributed by atoms with E-state index in [1.807, 2.05) is 6.07 Å². The summed E-state index contributed by atoms with van der Waals surface area (Å²) >= 11 is 3.36. The lowest BCUT2D eigenvalue weighted by Gasteiger charge is -2.08. The van der Waals surface area contributed by atoms with Crippen LogP contribution < -0.4 is 10.9 Å². The van der Waals surface area contributed by atoms with Gasteiger partial charge in [0.25, 0.3) is 5.56 Å². The van der Waals surface area contributed by atoms with Gasteiger partial charge >= 0.3 is 0 Å². The Morgan fingerprint density at radius 1 is 1.39 bits per heavy atom. The molecule has 0 bridgehead atoms. The number of hydrogen-bond donors (Lipinski definition) is 1. The summed E-state index contributed by atoms with van der Waals surface area (Å²) in [5, 5.41) is 3.45. The van der Waals surface area contributed by atoms with Crippen molar-refractivity contribution >= 4 is 32.7 Å². The van der Waals surface area contributed by atoms with Crippen LogP contribution in [-0.4, -0.2) is 22.0 Å². The Bertz CT molecular complexity index is 740. The zero-order valence-corrected chi connectivity index (χ0v) is 15.1. The lowest BCUT2D eigenvalue weighted by Crippen LogP contribution is -2.28. The topological polar surface area (TPSA) is 64.0 Å². The number of amides is 1. The Morgan fingerprint density at radius 3 is 2.91 bits per heavy atom. The van der Waals surface area contributed by atoms with Gasteiger partial charge in [0.15, 0.2) is 0 Å². The number of carbonyl (C=O) groups is 1. The average Bonchev–Trinajstić information content (AvgIpc) is 2.51. The number of rotatable bonds is 7. The van der Waals surface area contributed by atoms with E-state index < -0.39 is 0 Å². The molecule has 5 nitrogen and oxygen atoms in total. The van der Waals surface area contributed by atoms with Crippen molar-refractivity contribution in [3.05, 3.63) is 39.4 Å². The molecule has 1 heterocycles. The average molecular weight is 380 g/mol. The molecule has 2 aromatic rings. The van der Waals surface area contributed by atoms with Crippen LogP contribution in [0.25, 0.3) is 10.9 Å². The van der Waals surface area contributed by atoms with Crippen molar-refractivity contribution < 1.29 is 4.79 Å². The van der Waals surface area contributed by atoms with Gasteiger partial charge in [-0.1, -0.05) is 29.8 Å². The fourth-order valence-electron chi connectivity index (χ4n) is 2.34. The van der Waals surface area contributed by atoms with Crippen LogP contribution in [0.1, 0.15) is 33.1 Å². The second-order valence-corrected chi connectivity index (χ2v) is 6.96. The molecule has 0 spiro atoms. The van der Waals surface area contributed by atoms with Gasteiger partial charge in [-0.3, -0.25) is 14.2 Å². The van der Waals surface area contributed by atoms with Gasteiger partial charge in [-0.25, -0.2) is 4.98 Å². The fourth-order valence-corrected chi connectivity index (χ4v) is 2.70.